The number of aromatic nitrogens is 1. The Kier molecular flexibility index (Phi) is 5.54. The Morgan fingerprint density at radius 2 is 2.25 bits per heavy atom. The van der Waals surface area contributed by atoms with E-state index in [1.807, 2.05) is 7.05 Å². The summed E-state index contributed by atoms with van der Waals surface area (Å²) >= 11 is 3.28. The standard InChI is InChI=1S/C13H20BrN3O2S/c1-15-6-5-12-4-2-3-7-17(12)20(18,19)13-8-11(14)9-16-10-13/h8-10,12,15H,2-7H2,1H3. The van der Waals surface area contributed by atoms with Crippen molar-refractivity contribution in [2.45, 2.75) is 36.6 Å². The third kappa shape index (κ3) is 3.58. The molecule has 0 radical (unpaired) electrons. The molecular weight excluding hydrogens is 342 g/mol. The average molecular weight is 362 g/mol. The van der Waals surface area contributed by atoms with E-state index in [1.54, 1.807) is 16.6 Å². The van der Waals surface area contributed by atoms with E-state index in [-0.39, 0.29) is 10.9 Å². The summed E-state index contributed by atoms with van der Waals surface area (Å²) in [5.41, 5.74) is 0. The van der Waals surface area contributed by atoms with Crippen LogP contribution in [0.1, 0.15) is 25.7 Å². The van der Waals surface area contributed by atoms with Crippen LogP contribution in [0.4, 0.5) is 0 Å². The summed E-state index contributed by atoms with van der Waals surface area (Å²) in [6.45, 7) is 1.43. The molecule has 5 nitrogen and oxygen atoms in total. The van der Waals surface area contributed by atoms with E-state index in [1.165, 1.54) is 6.20 Å². The Hall–Kier alpha value is -0.500. The van der Waals surface area contributed by atoms with Gasteiger partial charge >= 0.3 is 0 Å². The van der Waals surface area contributed by atoms with Gasteiger partial charge in [-0.1, -0.05) is 6.42 Å². The quantitative estimate of drug-likeness (QED) is 0.870. The minimum absolute atomic E-state index is 0.0835. The van der Waals surface area contributed by atoms with Crippen molar-refractivity contribution in [2.24, 2.45) is 0 Å². The summed E-state index contributed by atoms with van der Waals surface area (Å²) in [5.74, 6) is 0. The van der Waals surface area contributed by atoms with Gasteiger partial charge in [-0.15, -0.1) is 0 Å². The minimum atomic E-state index is -3.45. The number of pyridine rings is 1. The number of piperidine rings is 1. The molecule has 1 fully saturated rings. The first-order valence-electron chi connectivity index (χ1n) is 6.82. The lowest BCUT2D eigenvalue weighted by Crippen LogP contribution is -2.44. The highest BCUT2D eigenvalue weighted by Gasteiger charge is 2.33. The van der Waals surface area contributed by atoms with Gasteiger partial charge in [-0.3, -0.25) is 4.98 Å². The second-order valence-electron chi connectivity index (χ2n) is 5.00. The molecule has 0 spiro atoms. The van der Waals surface area contributed by atoms with Gasteiger partial charge in [0.1, 0.15) is 4.90 Å². The van der Waals surface area contributed by atoms with Gasteiger partial charge in [-0.05, 0) is 54.9 Å². The Morgan fingerprint density at radius 3 is 2.95 bits per heavy atom. The zero-order chi connectivity index (χ0) is 14.6. The van der Waals surface area contributed by atoms with Crippen LogP contribution in [0.5, 0.6) is 0 Å². The third-order valence-corrected chi connectivity index (χ3v) is 5.94. The molecule has 1 atom stereocenters. The fraction of sp³-hybridized carbons (Fsp3) is 0.615. The van der Waals surface area contributed by atoms with Gasteiger partial charge in [0.2, 0.25) is 10.0 Å². The SMILES string of the molecule is CNCCC1CCCCN1S(=O)(=O)c1cncc(Br)c1. The Balaban J connectivity index is 2.26. The average Bonchev–Trinajstić information content (AvgIpc) is 2.45. The van der Waals surface area contributed by atoms with Crippen LogP contribution in [-0.4, -0.2) is 43.9 Å². The van der Waals surface area contributed by atoms with E-state index in [9.17, 15) is 8.42 Å². The first kappa shape index (κ1) is 15.9. The number of sulfonamides is 1. The number of nitrogens with one attached hydrogen (secondary N) is 1. The minimum Gasteiger partial charge on any atom is -0.320 e. The van der Waals surface area contributed by atoms with Crippen molar-refractivity contribution in [3.05, 3.63) is 22.9 Å². The van der Waals surface area contributed by atoms with Crippen molar-refractivity contribution >= 4 is 26.0 Å². The summed E-state index contributed by atoms with van der Waals surface area (Å²) in [4.78, 5) is 4.23. The van der Waals surface area contributed by atoms with Crippen LogP contribution in [0.15, 0.2) is 27.8 Å². The van der Waals surface area contributed by atoms with Crippen molar-refractivity contribution in [3.63, 3.8) is 0 Å². The predicted molar refractivity (Wildman–Crippen MR) is 82.0 cm³/mol. The maximum Gasteiger partial charge on any atom is 0.244 e. The van der Waals surface area contributed by atoms with Gasteiger partial charge < -0.3 is 5.32 Å². The highest BCUT2D eigenvalue weighted by atomic mass is 79.9. The summed E-state index contributed by atoms with van der Waals surface area (Å²) in [7, 11) is -1.56. The summed E-state index contributed by atoms with van der Waals surface area (Å²) in [6.07, 6.45) is 6.81. The molecule has 1 aromatic rings. The van der Waals surface area contributed by atoms with Gasteiger partial charge in [0, 0.05) is 29.5 Å². The van der Waals surface area contributed by atoms with E-state index < -0.39 is 10.0 Å². The normalized spacial score (nSPS) is 21.0. The molecule has 1 aliphatic rings. The Bertz CT molecular complexity index is 550. The molecule has 1 N–H and O–H groups in total. The van der Waals surface area contributed by atoms with Crippen molar-refractivity contribution in [1.82, 2.24) is 14.6 Å². The van der Waals surface area contributed by atoms with Crippen LogP contribution >= 0.6 is 15.9 Å². The predicted octanol–water partition coefficient (Wildman–Crippen LogP) is 2.00. The maximum absolute atomic E-state index is 12.8. The van der Waals surface area contributed by atoms with Crippen LogP contribution < -0.4 is 5.32 Å². The zero-order valence-electron chi connectivity index (χ0n) is 11.5. The van der Waals surface area contributed by atoms with Gasteiger partial charge in [0.15, 0.2) is 0 Å². The Morgan fingerprint density at radius 1 is 1.45 bits per heavy atom. The van der Waals surface area contributed by atoms with Crippen LogP contribution in [0, 0.1) is 0 Å². The molecular formula is C13H20BrN3O2S. The fourth-order valence-electron chi connectivity index (χ4n) is 2.56. The number of hydrogen-bond acceptors (Lipinski definition) is 4. The number of nitrogens with zero attached hydrogens (tertiary/aromatic N) is 2. The summed E-state index contributed by atoms with van der Waals surface area (Å²) in [6, 6.07) is 1.70. The molecule has 0 bridgehead atoms. The van der Waals surface area contributed by atoms with Gasteiger partial charge in [0.05, 0.1) is 0 Å². The number of halogens is 1. The summed E-state index contributed by atoms with van der Waals surface area (Å²) in [5, 5.41) is 3.09. The lowest BCUT2D eigenvalue weighted by molar-refractivity contribution is 0.240. The van der Waals surface area contributed by atoms with E-state index in [0.29, 0.717) is 11.0 Å². The van der Waals surface area contributed by atoms with Crippen LogP contribution in [-0.2, 0) is 10.0 Å². The topological polar surface area (TPSA) is 62.3 Å². The van der Waals surface area contributed by atoms with E-state index in [2.05, 4.69) is 26.2 Å². The first-order chi connectivity index (χ1) is 9.55. The fourth-order valence-corrected chi connectivity index (χ4v) is 4.79. The van der Waals surface area contributed by atoms with E-state index in [0.717, 1.165) is 32.2 Å². The van der Waals surface area contributed by atoms with Crippen LogP contribution in [0.25, 0.3) is 0 Å². The van der Waals surface area contributed by atoms with E-state index >= 15 is 0 Å². The van der Waals surface area contributed by atoms with Gasteiger partial charge in [-0.25, -0.2) is 8.42 Å². The monoisotopic (exact) mass is 361 g/mol. The lowest BCUT2D eigenvalue weighted by atomic mass is 10.0. The lowest BCUT2D eigenvalue weighted by Gasteiger charge is -2.34. The maximum atomic E-state index is 12.8. The molecule has 7 heteroatoms. The largest absolute Gasteiger partial charge is 0.320 e. The molecule has 2 heterocycles. The van der Waals surface area contributed by atoms with Gasteiger partial charge in [-0.2, -0.15) is 4.31 Å². The van der Waals surface area contributed by atoms with Gasteiger partial charge in [0.25, 0.3) is 0 Å². The molecule has 112 valence electrons. The second kappa shape index (κ2) is 6.98. The molecule has 1 saturated heterocycles. The van der Waals surface area contributed by atoms with Crippen molar-refractivity contribution < 1.29 is 8.42 Å². The molecule has 2 rings (SSSR count). The Labute approximate surface area is 129 Å². The second-order valence-corrected chi connectivity index (χ2v) is 7.80. The zero-order valence-corrected chi connectivity index (χ0v) is 14.0. The molecule has 1 unspecified atom stereocenters. The van der Waals surface area contributed by atoms with Crippen molar-refractivity contribution in [1.29, 1.82) is 0 Å². The number of rotatable bonds is 5. The highest BCUT2D eigenvalue weighted by molar-refractivity contribution is 9.10. The van der Waals surface area contributed by atoms with Crippen molar-refractivity contribution in [3.8, 4) is 0 Å². The molecule has 0 amide bonds. The van der Waals surface area contributed by atoms with E-state index in [4.69, 9.17) is 0 Å². The molecule has 0 aliphatic carbocycles. The molecule has 20 heavy (non-hydrogen) atoms. The molecule has 0 aromatic carbocycles. The molecule has 1 aromatic heterocycles. The van der Waals surface area contributed by atoms with Crippen molar-refractivity contribution in [2.75, 3.05) is 20.1 Å². The molecule has 0 saturated carbocycles. The summed E-state index contributed by atoms with van der Waals surface area (Å²) < 4.78 is 27.8. The van der Waals surface area contributed by atoms with Crippen LogP contribution in [0.3, 0.4) is 0 Å². The molecule has 1 aliphatic heterocycles. The van der Waals surface area contributed by atoms with Crippen LogP contribution in [0.2, 0.25) is 0 Å². The first-order valence-corrected chi connectivity index (χ1v) is 9.06. The third-order valence-electron chi connectivity index (χ3n) is 3.59. The highest BCUT2D eigenvalue weighted by Crippen LogP contribution is 2.27. The number of hydrogen-bond donors (Lipinski definition) is 1. The smallest absolute Gasteiger partial charge is 0.244 e.